The fourth-order valence-corrected chi connectivity index (χ4v) is 4.30. The summed E-state index contributed by atoms with van der Waals surface area (Å²) in [6, 6.07) is 4.82. The van der Waals surface area contributed by atoms with Crippen molar-refractivity contribution < 1.29 is 4.39 Å². The molecule has 3 heterocycles. The third-order valence-corrected chi connectivity index (χ3v) is 5.91. The van der Waals surface area contributed by atoms with Crippen LogP contribution < -0.4 is 21.6 Å². The average molecular weight is 440 g/mol. The second kappa shape index (κ2) is 12.4. The molecule has 0 amide bonds. The van der Waals surface area contributed by atoms with Gasteiger partial charge in [-0.15, -0.1) is 13.2 Å². The molecule has 1 aromatic carbocycles. The average Bonchev–Trinajstić information content (AvgIpc) is 3.27. The predicted molar refractivity (Wildman–Crippen MR) is 136 cm³/mol. The van der Waals surface area contributed by atoms with Gasteiger partial charge in [0.05, 0.1) is 0 Å². The Labute approximate surface area is 190 Å². The standard InChI is InChI=1S/C23H29FN4.C2H4.CH5N/c1-15-19(5-4-10-28-11-8-25-9-12-28)16(2)27-23(15)14-20-17(3)26-22-7-6-18(24)13-21(20)22;2*1-2/h6-7,13-14,25-27H,3-5,8-12H2,1-2H3;1-2H2;2H2,1H3/b20-14+;;. The molecular formula is C26H38FN5. The molecule has 1 aliphatic rings. The number of nitrogens with two attached hydrogens (primary N) is 1. The van der Waals surface area contributed by atoms with Crippen molar-refractivity contribution in [3.63, 3.8) is 0 Å². The van der Waals surface area contributed by atoms with E-state index in [2.05, 4.69) is 65.6 Å². The van der Waals surface area contributed by atoms with Crippen LogP contribution in [-0.4, -0.2) is 54.6 Å². The van der Waals surface area contributed by atoms with E-state index in [-0.39, 0.29) is 5.82 Å². The lowest BCUT2D eigenvalue weighted by molar-refractivity contribution is 0.238. The van der Waals surface area contributed by atoms with Crippen molar-refractivity contribution in [2.45, 2.75) is 26.7 Å². The van der Waals surface area contributed by atoms with Crippen molar-refractivity contribution in [1.82, 2.24) is 20.2 Å². The number of aryl methyl sites for hydroxylation is 1. The fraction of sp³-hybridized carbons (Fsp3) is 0.385. The van der Waals surface area contributed by atoms with Gasteiger partial charge in [-0.3, -0.25) is 0 Å². The lowest BCUT2D eigenvalue weighted by atomic mass is 10.0. The molecule has 5 N–H and O–H groups in total. The van der Waals surface area contributed by atoms with Gasteiger partial charge < -0.3 is 25.9 Å². The number of rotatable bonds is 5. The smallest absolute Gasteiger partial charge is 0.123 e. The first-order valence-electron chi connectivity index (χ1n) is 11.2. The van der Waals surface area contributed by atoms with E-state index in [4.69, 9.17) is 0 Å². The van der Waals surface area contributed by atoms with Gasteiger partial charge in [0.25, 0.3) is 0 Å². The van der Waals surface area contributed by atoms with Crippen molar-refractivity contribution >= 4 is 23.6 Å². The highest BCUT2D eigenvalue weighted by Gasteiger charge is 2.13. The number of halogens is 1. The molecule has 5 nitrogen and oxygen atoms in total. The zero-order chi connectivity index (χ0) is 23.7. The molecule has 1 saturated heterocycles. The molecule has 1 fully saturated rings. The van der Waals surface area contributed by atoms with E-state index in [1.807, 2.05) is 0 Å². The Bertz CT molecular complexity index is 1110. The minimum atomic E-state index is -0.228. The Balaban J connectivity index is 0.000000860. The molecule has 0 aliphatic carbocycles. The van der Waals surface area contributed by atoms with Crippen molar-refractivity contribution in [1.29, 1.82) is 0 Å². The number of benzene rings is 1. The summed E-state index contributed by atoms with van der Waals surface area (Å²) in [5, 5.41) is 6.04. The van der Waals surface area contributed by atoms with Crippen LogP contribution in [0.2, 0.25) is 0 Å². The van der Waals surface area contributed by atoms with Crippen molar-refractivity contribution in [2.75, 3.05) is 39.8 Å². The van der Waals surface area contributed by atoms with E-state index in [9.17, 15) is 4.39 Å². The van der Waals surface area contributed by atoms with E-state index in [0.717, 1.165) is 72.7 Å². The molecule has 0 bridgehead atoms. The molecule has 2 aromatic heterocycles. The summed E-state index contributed by atoms with van der Waals surface area (Å²) in [7, 11) is 1.50. The SMILES string of the molecule is C=C.C=c1[nH]c2ccc(F)cc2/c1=C/c1[nH]c(C)c(CCCN2CCNCC2)c1C.CN. The largest absolute Gasteiger partial charge is 0.359 e. The van der Waals surface area contributed by atoms with Gasteiger partial charge in [-0.25, -0.2) is 4.39 Å². The highest BCUT2D eigenvalue weighted by molar-refractivity contribution is 5.82. The summed E-state index contributed by atoms with van der Waals surface area (Å²) in [6.45, 7) is 20.1. The summed E-state index contributed by atoms with van der Waals surface area (Å²) in [6.07, 6.45) is 4.34. The Hall–Kier alpha value is -2.67. The normalized spacial score (nSPS) is 14.6. The third kappa shape index (κ3) is 5.97. The molecule has 0 spiro atoms. The molecule has 32 heavy (non-hydrogen) atoms. The van der Waals surface area contributed by atoms with Crippen LogP contribution in [0.3, 0.4) is 0 Å². The third-order valence-electron chi connectivity index (χ3n) is 5.91. The fourth-order valence-electron chi connectivity index (χ4n) is 4.30. The Morgan fingerprint density at radius 3 is 2.50 bits per heavy atom. The van der Waals surface area contributed by atoms with Gasteiger partial charge in [-0.05, 0) is 75.7 Å². The molecule has 0 saturated carbocycles. The lowest BCUT2D eigenvalue weighted by Gasteiger charge is -2.27. The highest BCUT2D eigenvalue weighted by atomic mass is 19.1. The molecule has 6 heteroatoms. The molecule has 0 atom stereocenters. The second-order valence-corrected chi connectivity index (χ2v) is 7.81. The Morgan fingerprint density at radius 1 is 1.12 bits per heavy atom. The maximum atomic E-state index is 13.7. The minimum Gasteiger partial charge on any atom is -0.359 e. The summed E-state index contributed by atoms with van der Waals surface area (Å²) < 4.78 is 13.7. The maximum absolute atomic E-state index is 13.7. The summed E-state index contributed by atoms with van der Waals surface area (Å²) >= 11 is 0. The lowest BCUT2D eigenvalue weighted by Crippen LogP contribution is -2.43. The molecule has 3 aromatic rings. The van der Waals surface area contributed by atoms with Crippen LogP contribution in [-0.2, 0) is 6.42 Å². The number of nitrogens with zero attached hydrogens (tertiary/aromatic N) is 1. The summed E-state index contributed by atoms with van der Waals surface area (Å²) in [5.74, 6) is -0.228. The number of hydrogen-bond donors (Lipinski definition) is 4. The van der Waals surface area contributed by atoms with Gasteiger partial charge in [-0.2, -0.15) is 0 Å². The maximum Gasteiger partial charge on any atom is 0.123 e. The number of H-pyrrole nitrogens is 2. The summed E-state index contributed by atoms with van der Waals surface area (Å²) in [5.41, 5.74) is 10.4. The first-order chi connectivity index (χ1) is 15.5. The van der Waals surface area contributed by atoms with Crippen LogP contribution in [0, 0.1) is 19.7 Å². The number of hydrogen-bond acceptors (Lipinski definition) is 3. The second-order valence-electron chi connectivity index (χ2n) is 7.81. The number of nitrogens with one attached hydrogen (secondary N) is 3. The van der Waals surface area contributed by atoms with Crippen LogP contribution in [0.25, 0.3) is 23.6 Å². The topological polar surface area (TPSA) is 72.9 Å². The van der Waals surface area contributed by atoms with Crippen LogP contribution >= 0.6 is 0 Å². The monoisotopic (exact) mass is 439 g/mol. The van der Waals surface area contributed by atoms with Gasteiger partial charge in [0.15, 0.2) is 0 Å². The van der Waals surface area contributed by atoms with Gasteiger partial charge in [0.1, 0.15) is 5.82 Å². The number of fused-ring (bicyclic) bond motifs is 1. The first kappa shape index (κ1) is 25.6. The van der Waals surface area contributed by atoms with Crippen molar-refractivity contribution in [2.24, 2.45) is 5.73 Å². The van der Waals surface area contributed by atoms with Crippen LogP contribution in [0.5, 0.6) is 0 Å². The zero-order valence-corrected chi connectivity index (χ0v) is 19.8. The Morgan fingerprint density at radius 2 is 1.81 bits per heavy atom. The molecule has 1 aliphatic heterocycles. The zero-order valence-electron chi connectivity index (χ0n) is 19.8. The predicted octanol–water partition coefficient (Wildman–Crippen LogP) is 2.71. The number of aromatic nitrogens is 2. The van der Waals surface area contributed by atoms with Gasteiger partial charge in [0, 0.05) is 59.0 Å². The summed E-state index contributed by atoms with van der Waals surface area (Å²) in [4.78, 5) is 9.32. The van der Waals surface area contributed by atoms with E-state index in [0.29, 0.717) is 0 Å². The molecule has 0 radical (unpaired) electrons. The van der Waals surface area contributed by atoms with E-state index >= 15 is 0 Å². The van der Waals surface area contributed by atoms with Crippen LogP contribution in [0.1, 0.15) is 28.9 Å². The van der Waals surface area contributed by atoms with E-state index < -0.39 is 0 Å². The molecule has 0 unspecified atom stereocenters. The van der Waals surface area contributed by atoms with Crippen molar-refractivity contribution in [3.8, 4) is 0 Å². The van der Waals surface area contributed by atoms with E-state index in [1.54, 1.807) is 12.1 Å². The number of piperazine rings is 1. The van der Waals surface area contributed by atoms with Crippen LogP contribution in [0.4, 0.5) is 4.39 Å². The molecule has 4 rings (SSSR count). The highest BCUT2D eigenvalue weighted by Crippen LogP contribution is 2.20. The van der Waals surface area contributed by atoms with Gasteiger partial charge >= 0.3 is 0 Å². The Kier molecular flexibility index (Phi) is 9.91. The number of aromatic amines is 2. The van der Waals surface area contributed by atoms with Crippen LogP contribution in [0.15, 0.2) is 31.4 Å². The molecule has 174 valence electrons. The first-order valence-corrected chi connectivity index (χ1v) is 11.2. The van der Waals surface area contributed by atoms with Gasteiger partial charge in [-0.1, -0.05) is 6.58 Å². The van der Waals surface area contributed by atoms with Gasteiger partial charge in [0.2, 0.25) is 0 Å². The van der Waals surface area contributed by atoms with E-state index in [1.165, 1.54) is 29.9 Å². The molecular weight excluding hydrogens is 401 g/mol. The quantitative estimate of drug-likeness (QED) is 0.462. The minimum absolute atomic E-state index is 0.228. The van der Waals surface area contributed by atoms with Crippen molar-refractivity contribution in [3.05, 3.63) is 70.3 Å².